The van der Waals surface area contributed by atoms with Crippen LogP contribution in [-0.2, 0) is 16.4 Å². The van der Waals surface area contributed by atoms with Gasteiger partial charge < -0.3 is 5.73 Å². The molecule has 0 radical (unpaired) electrons. The number of fused-ring (bicyclic) bond motifs is 2. The van der Waals surface area contributed by atoms with E-state index in [4.69, 9.17) is 17.3 Å². The van der Waals surface area contributed by atoms with Crippen LogP contribution < -0.4 is 15.9 Å². The van der Waals surface area contributed by atoms with Crippen LogP contribution in [0.1, 0.15) is 11.1 Å². The molecule has 0 aliphatic heterocycles. The van der Waals surface area contributed by atoms with E-state index in [9.17, 15) is 17.6 Å². The van der Waals surface area contributed by atoms with Crippen LogP contribution in [0.15, 0.2) is 87.5 Å². The molecule has 0 aliphatic carbocycles. The fraction of sp³-hybridized carbons (Fsp3) is 0.0800. The fourth-order valence-corrected chi connectivity index (χ4v) is 5.51. The van der Waals surface area contributed by atoms with Crippen LogP contribution in [0.5, 0.6) is 0 Å². The van der Waals surface area contributed by atoms with Crippen molar-refractivity contribution in [2.45, 2.75) is 23.3 Å². The number of hydrogen-bond donors (Lipinski definition) is 1. The van der Waals surface area contributed by atoms with E-state index in [-0.39, 0.29) is 33.2 Å². The third-order valence-corrected chi connectivity index (χ3v) is 7.86. The smallest absolute Gasteiger partial charge is 0.278 e. The molecule has 0 spiro atoms. The molecule has 0 fully saturated rings. The summed E-state index contributed by atoms with van der Waals surface area (Å²) in [5, 5.41) is 0.461. The van der Waals surface area contributed by atoms with Crippen molar-refractivity contribution in [2.24, 2.45) is 0 Å². The van der Waals surface area contributed by atoms with Crippen molar-refractivity contribution in [3.8, 4) is 0 Å². The second kappa shape index (κ2) is 8.44. The summed E-state index contributed by atoms with van der Waals surface area (Å²) in [6, 6.07) is 16.2. The first-order chi connectivity index (χ1) is 16.7. The standard InChI is InChI=1S/C25H18ClFN4O3S/c1-15-3-2-12-30-23(15)29-24-20(25(30)32)13-21(35(33,34)19-10-6-17(26)7-11-19)22(28)31(24)14-16-4-8-18(27)9-5-16/h2-13,28H,14H2,1H3/p+1. The molecule has 3 heterocycles. The van der Waals surface area contributed by atoms with Gasteiger partial charge in [-0.2, -0.15) is 0 Å². The summed E-state index contributed by atoms with van der Waals surface area (Å²) >= 11 is 5.93. The van der Waals surface area contributed by atoms with Crippen LogP contribution >= 0.6 is 11.6 Å². The van der Waals surface area contributed by atoms with Gasteiger partial charge in [0.05, 0.1) is 11.4 Å². The van der Waals surface area contributed by atoms with Crippen LogP contribution in [0.2, 0.25) is 5.02 Å². The van der Waals surface area contributed by atoms with Gasteiger partial charge in [-0.05, 0) is 61.0 Å². The number of rotatable bonds is 4. The van der Waals surface area contributed by atoms with Crippen molar-refractivity contribution in [3.05, 3.63) is 105 Å². The van der Waals surface area contributed by atoms with Crippen LogP contribution in [0.25, 0.3) is 16.7 Å². The summed E-state index contributed by atoms with van der Waals surface area (Å²) in [4.78, 5) is 17.9. The summed E-state index contributed by atoms with van der Waals surface area (Å²) in [6.45, 7) is 1.89. The molecule has 0 atom stereocenters. The molecule has 5 aromatic rings. The number of pyridine rings is 2. The number of sulfone groups is 1. The van der Waals surface area contributed by atoms with Gasteiger partial charge in [-0.1, -0.05) is 34.8 Å². The molecule has 5 rings (SSSR count). The Bertz CT molecular complexity index is 1790. The van der Waals surface area contributed by atoms with Crippen molar-refractivity contribution in [2.75, 3.05) is 5.73 Å². The van der Waals surface area contributed by atoms with E-state index < -0.39 is 21.2 Å². The van der Waals surface area contributed by atoms with Crippen molar-refractivity contribution >= 4 is 43.9 Å². The predicted octanol–water partition coefficient (Wildman–Crippen LogP) is 3.70. The molecule has 3 aromatic heterocycles. The maximum atomic E-state index is 13.6. The van der Waals surface area contributed by atoms with E-state index in [2.05, 4.69) is 4.98 Å². The molecule has 0 saturated heterocycles. The molecule has 35 heavy (non-hydrogen) atoms. The zero-order valence-electron chi connectivity index (χ0n) is 18.4. The quantitative estimate of drug-likeness (QED) is 0.294. The Morgan fingerprint density at radius 2 is 1.77 bits per heavy atom. The van der Waals surface area contributed by atoms with E-state index in [1.807, 2.05) is 13.0 Å². The lowest BCUT2D eigenvalue weighted by molar-refractivity contribution is -0.651. The van der Waals surface area contributed by atoms with E-state index in [1.54, 1.807) is 24.4 Å². The minimum Gasteiger partial charge on any atom is -0.317 e. The van der Waals surface area contributed by atoms with E-state index in [0.29, 0.717) is 16.2 Å². The van der Waals surface area contributed by atoms with Crippen molar-refractivity contribution in [1.29, 1.82) is 0 Å². The fourth-order valence-electron chi connectivity index (χ4n) is 3.97. The summed E-state index contributed by atoms with van der Waals surface area (Å²) in [5.74, 6) is -0.504. The molecule has 7 nitrogen and oxygen atoms in total. The Morgan fingerprint density at radius 1 is 1.09 bits per heavy atom. The highest BCUT2D eigenvalue weighted by Gasteiger charge is 2.29. The lowest BCUT2D eigenvalue weighted by Crippen LogP contribution is -2.42. The van der Waals surface area contributed by atoms with Gasteiger partial charge in [0.25, 0.3) is 11.2 Å². The Labute approximate surface area is 204 Å². The number of nitrogen functional groups attached to an aromatic ring is 1. The number of halogens is 2. The van der Waals surface area contributed by atoms with Crippen LogP contribution in [0, 0.1) is 12.7 Å². The highest BCUT2D eigenvalue weighted by atomic mass is 35.5. The highest BCUT2D eigenvalue weighted by molar-refractivity contribution is 7.91. The maximum absolute atomic E-state index is 13.6. The van der Waals surface area contributed by atoms with Crippen LogP contribution in [0.4, 0.5) is 10.2 Å². The number of aryl methyl sites for hydroxylation is 1. The van der Waals surface area contributed by atoms with Gasteiger partial charge in [0, 0.05) is 16.8 Å². The van der Waals surface area contributed by atoms with Crippen LogP contribution in [0.3, 0.4) is 0 Å². The first kappa shape index (κ1) is 22.9. The number of anilines is 1. The summed E-state index contributed by atoms with van der Waals surface area (Å²) < 4.78 is 43.5. The van der Waals surface area contributed by atoms with E-state index in [0.717, 1.165) is 5.56 Å². The molecule has 176 valence electrons. The van der Waals surface area contributed by atoms with Gasteiger partial charge in [-0.25, -0.2) is 17.4 Å². The molecule has 2 N–H and O–H groups in total. The zero-order valence-corrected chi connectivity index (χ0v) is 20.0. The first-order valence-electron chi connectivity index (χ1n) is 10.6. The maximum Gasteiger partial charge on any atom is 0.278 e. The van der Waals surface area contributed by atoms with Gasteiger partial charge in [-0.15, -0.1) is 0 Å². The van der Waals surface area contributed by atoms with Crippen molar-refractivity contribution < 1.29 is 17.4 Å². The normalized spacial score (nSPS) is 11.9. The molecule has 0 aliphatic rings. The number of benzene rings is 2. The lowest BCUT2D eigenvalue weighted by atomic mass is 10.2. The van der Waals surface area contributed by atoms with E-state index in [1.165, 1.54) is 51.4 Å². The predicted molar refractivity (Wildman–Crippen MR) is 131 cm³/mol. The molecule has 0 saturated carbocycles. The Hall–Kier alpha value is -3.82. The molecule has 0 amide bonds. The van der Waals surface area contributed by atoms with Gasteiger partial charge >= 0.3 is 0 Å². The number of nitrogens with two attached hydrogens (primary N) is 1. The summed E-state index contributed by atoms with van der Waals surface area (Å²) in [5.41, 5.74) is 8.07. The third-order valence-electron chi connectivity index (χ3n) is 5.81. The molecular formula is C25H19ClFN4O3S+. The molecule has 0 unspecified atom stereocenters. The zero-order chi connectivity index (χ0) is 24.9. The van der Waals surface area contributed by atoms with Crippen molar-refractivity contribution in [1.82, 2.24) is 9.38 Å². The van der Waals surface area contributed by atoms with Crippen molar-refractivity contribution in [3.63, 3.8) is 0 Å². The van der Waals surface area contributed by atoms with Crippen LogP contribution in [-0.4, -0.2) is 17.8 Å². The summed E-state index contributed by atoms with van der Waals surface area (Å²) in [7, 11) is -4.12. The topological polar surface area (TPSA) is 98.4 Å². The molecule has 2 aromatic carbocycles. The third kappa shape index (κ3) is 3.92. The highest BCUT2D eigenvalue weighted by Crippen LogP contribution is 2.27. The minimum atomic E-state index is -4.12. The number of aromatic nitrogens is 3. The molecule has 0 bridgehead atoms. The van der Waals surface area contributed by atoms with E-state index >= 15 is 0 Å². The number of nitrogens with zero attached hydrogens (tertiary/aromatic N) is 3. The minimum absolute atomic E-state index is 0.0222. The van der Waals surface area contributed by atoms with Gasteiger partial charge in [-0.3, -0.25) is 9.20 Å². The second-order valence-electron chi connectivity index (χ2n) is 8.10. The second-order valence-corrected chi connectivity index (χ2v) is 10.5. The monoisotopic (exact) mass is 509 g/mol. The Kier molecular flexibility index (Phi) is 5.53. The average Bonchev–Trinajstić information content (AvgIpc) is 2.83. The Morgan fingerprint density at radius 3 is 2.46 bits per heavy atom. The molecular weight excluding hydrogens is 491 g/mol. The average molecular weight is 510 g/mol. The largest absolute Gasteiger partial charge is 0.317 e. The van der Waals surface area contributed by atoms with Gasteiger partial charge in [0.1, 0.15) is 16.1 Å². The lowest BCUT2D eigenvalue weighted by Gasteiger charge is -2.13. The number of hydrogen-bond acceptors (Lipinski definition) is 5. The first-order valence-corrected chi connectivity index (χ1v) is 12.4. The van der Waals surface area contributed by atoms with Gasteiger partial charge in [0.2, 0.25) is 21.3 Å². The molecule has 10 heteroatoms. The summed E-state index contributed by atoms with van der Waals surface area (Å²) in [6.07, 6.45) is 1.57. The SMILES string of the molecule is Cc1cccn2c(=O)c3cc(S(=O)(=O)c4ccc(Cl)cc4)c(N)[n+](Cc4ccc(F)cc4)c3nc12. The van der Waals surface area contributed by atoms with Gasteiger partial charge in [0.15, 0.2) is 0 Å². The Balaban J connectivity index is 1.87.